The second kappa shape index (κ2) is 9.93. The van der Waals surface area contributed by atoms with E-state index in [1.54, 1.807) is 41.3 Å². The molecule has 176 valence electrons. The molecular formula is C25H23ClN2O6. The van der Waals surface area contributed by atoms with Gasteiger partial charge in [0, 0.05) is 34.4 Å². The first-order valence-electron chi connectivity index (χ1n) is 10.5. The Hall–Kier alpha value is -3.91. The fourth-order valence-corrected chi connectivity index (χ4v) is 3.83. The number of carbonyl (C=O) groups is 2. The van der Waals surface area contributed by atoms with Crippen molar-refractivity contribution >= 4 is 29.1 Å². The summed E-state index contributed by atoms with van der Waals surface area (Å²) in [5.74, 6) is 0.590. The van der Waals surface area contributed by atoms with Gasteiger partial charge in [0.05, 0.1) is 26.3 Å². The van der Waals surface area contributed by atoms with E-state index >= 15 is 0 Å². The number of amides is 2. The third kappa shape index (κ3) is 5.02. The third-order valence-electron chi connectivity index (χ3n) is 5.39. The van der Waals surface area contributed by atoms with Crippen LogP contribution in [0.5, 0.6) is 23.0 Å². The smallest absolute Gasteiger partial charge is 0.258 e. The number of anilines is 1. The highest BCUT2D eigenvalue weighted by atomic mass is 35.5. The maximum absolute atomic E-state index is 13.3. The second-order valence-corrected chi connectivity index (χ2v) is 8.05. The molecule has 0 aliphatic carbocycles. The molecule has 0 radical (unpaired) electrons. The summed E-state index contributed by atoms with van der Waals surface area (Å²) < 4.78 is 16.1. The molecule has 8 nitrogen and oxygen atoms in total. The van der Waals surface area contributed by atoms with Crippen molar-refractivity contribution in [3.8, 4) is 23.0 Å². The molecule has 0 bridgehead atoms. The minimum Gasteiger partial charge on any atom is -0.507 e. The zero-order valence-corrected chi connectivity index (χ0v) is 19.4. The Labute approximate surface area is 201 Å². The summed E-state index contributed by atoms with van der Waals surface area (Å²) in [5.41, 5.74) is 1.50. The standard InChI is InChI=1S/C25H23ClN2O6/c1-32-19-10-15(11-20(13-19)33-2)24(30)27-18-4-5-22(29)21(12-18)25(31)28-7-8-34-23-6-3-17(26)9-16(23)14-28/h3-6,9-13,29H,7-8,14H2,1-2H3,(H,27,30). The molecule has 0 saturated heterocycles. The van der Waals surface area contributed by atoms with Crippen LogP contribution >= 0.6 is 11.6 Å². The van der Waals surface area contributed by atoms with Crippen LogP contribution in [0, 0.1) is 0 Å². The van der Waals surface area contributed by atoms with Crippen LogP contribution in [-0.2, 0) is 6.54 Å². The topological polar surface area (TPSA) is 97.3 Å². The normalized spacial score (nSPS) is 12.7. The number of hydrogen-bond acceptors (Lipinski definition) is 6. The maximum Gasteiger partial charge on any atom is 0.258 e. The molecule has 1 aliphatic heterocycles. The first-order chi connectivity index (χ1) is 16.4. The lowest BCUT2D eigenvalue weighted by molar-refractivity contribution is 0.0730. The lowest BCUT2D eigenvalue weighted by Gasteiger charge is -2.21. The molecule has 1 aliphatic rings. The first kappa shape index (κ1) is 23.3. The van der Waals surface area contributed by atoms with Crippen LogP contribution in [0.2, 0.25) is 5.02 Å². The van der Waals surface area contributed by atoms with Gasteiger partial charge in [-0.1, -0.05) is 11.6 Å². The maximum atomic E-state index is 13.3. The van der Waals surface area contributed by atoms with E-state index < -0.39 is 11.8 Å². The number of ether oxygens (including phenoxy) is 3. The number of halogens is 1. The van der Waals surface area contributed by atoms with Gasteiger partial charge in [-0.15, -0.1) is 0 Å². The number of phenols is 1. The molecular weight excluding hydrogens is 460 g/mol. The molecule has 4 rings (SSSR count). The summed E-state index contributed by atoms with van der Waals surface area (Å²) in [7, 11) is 2.99. The van der Waals surface area contributed by atoms with Gasteiger partial charge < -0.3 is 29.5 Å². The number of rotatable bonds is 5. The highest BCUT2D eigenvalue weighted by Crippen LogP contribution is 2.29. The zero-order chi connectivity index (χ0) is 24.2. The molecule has 0 saturated carbocycles. The van der Waals surface area contributed by atoms with E-state index in [1.807, 2.05) is 0 Å². The van der Waals surface area contributed by atoms with Crippen molar-refractivity contribution in [1.82, 2.24) is 4.90 Å². The van der Waals surface area contributed by atoms with Crippen molar-refractivity contribution in [1.29, 1.82) is 0 Å². The molecule has 34 heavy (non-hydrogen) atoms. The van der Waals surface area contributed by atoms with E-state index in [2.05, 4.69) is 5.32 Å². The molecule has 3 aromatic carbocycles. The number of aromatic hydroxyl groups is 1. The molecule has 0 aromatic heterocycles. The molecule has 0 atom stereocenters. The Morgan fingerprint density at radius 1 is 1.03 bits per heavy atom. The van der Waals surface area contributed by atoms with Crippen LogP contribution in [0.25, 0.3) is 0 Å². The van der Waals surface area contributed by atoms with Crippen LogP contribution in [0.3, 0.4) is 0 Å². The van der Waals surface area contributed by atoms with Crippen LogP contribution < -0.4 is 19.5 Å². The molecule has 0 spiro atoms. The number of nitrogens with zero attached hydrogens (tertiary/aromatic N) is 1. The average Bonchev–Trinajstić information content (AvgIpc) is 3.06. The second-order valence-electron chi connectivity index (χ2n) is 7.61. The van der Waals surface area contributed by atoms with Crippen molar-refractivity contribution in [2.24, 2.45) is 0 Å². The van der Waals surface area contributed by atoms with E-state index in [-0.39, 0.29) is 17.9 Å². The van der Waals surface area contributed by atoms with Crippen LogP contribution in [0.4, 0.5) is 5.69 Å². The van der Waals surface area contributed by atoms with Gasteiger partial charge in [-0.3, -0.25) is 9.59 Å². The summed E-state index contributed by atoms with van der Waals surface area (Å²) >= 11 is 6.10. The lowest BCUT2D eigenvalue weighted by atomic mass is 10.1. The molecule has 9 heteroatoms. The van der Waals surface area contributed by atoms with Gasteiger partial charge in [0.15, 0.2) is 0 Å². The Bertz CT molecular complexity index is 1220. The number of nitrogens with one attached hydrogen (secondary N) is 1. The number of benzene rings is 3. The van der Waals surface area contributed by atoms with Gasteiger partial charge in [0.1, 0.15) is 29.6 Å². The zero-order valence-electron chi connectivity index (χ0n) is 18.6. The number of phenolic OH excluding ortho intramolecular Hbond substituents is 1. The van der Waals surface area contributed by atoms with E-state index in [9.17, 15) is 14.7 Å². The number of carbonyl (C=O) groups excluding carboxylic acids is 2. The molecule has 3 aromatic rings. The Balaban J connectivity index is 1.56. The number of hydrogen-bond donors (Lipinski definition) is 2. The minimum atomic E-state index is -0.423. The van der Waals surface area contributed by atoms with Gasteiger partial charge in [0.2, 0.25) is 0 Å². The monoisotopic (exact) mass is 482 g/mol. The van der Waals surface area contributed by atoms with Gasteiger partial charge in [0.25, 0.3) is 11.8 Å². The van der Waals surface area contributed by atoms with Crippen LogP contribution in [0.15, 0.2) is 54.6 Å². The predicted molar refractivity (Wildman–Crippen MR) is 127 cm³/mol. The SMILES string of the molecule is COc1cc(OC)cc(C(=O)Nc2ccc(O)c(C(=O)N3CCOc4ccc(Cl)cc4C3)c2)c1. The fraction of sp³-hybridized carbons (Fsp3) is 0.200. The highest BCUT2D eigenvalue weighted by molar-refractivity contribution is 6.30. The molecule has 0 unspecified atom stereocenters. The first-order valence-corrected chi connectivity index (χ1v) is 10.8. The van der Waals surface area contributed by atoms with Crippen molar-refractivity contribution in [2.75, 3.05) is 32.7 Å². The van der Waals surface area contributed by atoms with Crippen molar-refractivity contribution in [2.45, 2.75) is 6.54 Å². The van der Waals surface area contributed by atoms with E-state index in [0.29, 0.717) is 46.7 Å². The van der Waals surface area contributed by atoms with Crippen LogP contribution in [0.1, 0.15) is 26.3 Å². The van der Waals surface area contributed by atoms with Crippen LogP contribution in [-0.4, -0.2) is 49.2 Å². The highest BCUT2D eigenvalue weighted by Gasteiger charge is 2.24. The third-order valence-corrected chi connectivity index (χ3v) is 5.62. The minimum absolute atomic E-state index is 0.0616. The van der Waals surface area contributed by atoms with Gasteiger partial charge in [-0.05, 0) is 48.5 Å². The lowest BCUT2D eigenvalue weighted by Crippen LogP contribution is -2.32. The van der Waals surface area contributed by atoms with E-state index in [1.165, 1.54) is 32.4 Å². The largest absolute Gasteiger partial charge is 0.507 e. The summed E-state index contributed by atoms with van der Waals surface area (Å²) in [6.45, 7) is 0.897. The predicted octanol–water partition coefficient (Wildman–Crippen LogP) is 4.35. The molecule has 2 amide bonds. The summed E-state index contributed by atoms with van der Waals surface area (Å²) in [5, 5.41) is 13.7. The Kier molecular flexibility index (Phi) is 6.79. The average molecular weight is 483 g/mol. The van der Waals surface area contributed by atoms with Gasteiger partial charge >= 0.3 is 0 Å². The van der Waals surface area contributed by atoms with Crippen molar-refractivity contribution in [3.63, 3.8) is 0 Å². The van der Waals surface area contributed by atoms with E-state index in [4.69, 9.17) is 25.8 Å². The Morgan fingerprint density at radius 2 is 1.76 bits per heavy atom. The number of fused-ring (bicyclic) bond motifs is 1. The van der Waals surface area contributed by atoms with Gasteiger partial charge in [-0.2, -0.15) is 0 Å². The van der Waals surface area contributed by atoms with E-state index in [0.717, 1.165) is 5.56 Å². The van der Waals surface area contributed by atoms with Crippen molar-refractivity contribution < 1.29 is 28.9 Å². The summed E-state index contributed by atoms with van der Waals surface area (Å²) in [4.78, 5) is 27.7. The fourth-order valence-electron chi connectivity index (χ4n) is 3.63. The molecule has 0 fully saturated rings. The number of methoxy groups -OCH3 is 2. The summed E-state index contributed by atoms with van der Waals surface area (Å²) in [6, 6.07) is 14.4. The van der Waals surface area contributed by atoms with Crippen molar-refractivity contribution in [3.05, 3.63) is 76.3 Å². The quantitative estimate of drug-likeness (QED) is 0.525. The Morgan fingerprint density at radius 3 is 2.47 bits per heavy atom. The summed E-state index contributed by atoms with van der Waals surface area (Å²) in [6.07, 6.45) is 0. The molecule has 2 N–H and O–H groups in total. The molecule has 1 heterocycles. The van der Waals surface area contributed by atoms with Gasteiger partial charge in [-0.25, -0.2) is 0 Å².